The van der Waals surface area contributed by atoms with Gasteiger partial charge in [0.25, 0.3) is 5.91 Å². The van der Waals surface area contributed by atoms with Crippen LogP contribution in [0.5, 0.6) is 11.5 Å². The van der Waals surface area contributed by atoms with Gasteiger partial charge in [-0.15, -0.1) is 0 Å². The number of hydrazone groups is 1. The van der Waals surface area contributed by atoms with Crippen LogP contribution in [0.3, 0.4) is 0 Å². The van der Waals surface area contributed by atoms with Crippen molar-refractivity contribution in [1.82, 2.24) is 9.99 Å². The first-order valence-corrected chi connectivity index (χ1v) is 12.7. The Morgan fingerprint density at radius 2 is 1.83 bits per heavy atom. The number of amides is 1. The quantitative estimate of drug-likeness (QED) is 0.559. The predicted octanol–water partition coefficient (Wildman–Crippen LogP) is 3.02. The van der Waals surface area contributed by atoms with Crippen LogP contribution in [0, 0.1) is 0 Å². The van der Waals surface area contributed by atoms with Gasteiger partial charge in [-0.2, -0.15) is 5.10 Å². The average molecular weight is 495 g/mol. The molecule has 10 heteroatoms. The lowest BCUT2D eigenvalue weighted by molar-refractivity contribution is -0.112. The van der Waals surface area contributed by atoms with Crippen molar-refractivity contribution in [3.8, 4) is 11.5 Å². The van der Waals surface area contributed by atoms with Crippen molar-refractivity contribution in [2.45, 2.75) is 57.7 Å². The number of rotatable bonds is 6. The number of aromatic hydroxyl groups is 2. The van der Waals surface area contributed by atoms with Crippen molar-refractivity contribution in [3.05, 3.63) is 41.6 Å². The van der Waals surface area contributed by atoms with Crippen LogP contribution in [-0.4, -0.2) is 64.3 Å². The first kappa shape index (κ1) is 24.2. The van der Waals surface area contributed by atoms with E-state index >= 15 is 0 Å². The lowest BCUT2D eigenvalue weighted by Crippen LogP contribution is -2.42. The van der Waals surface area contributed by atoms with Gasteiger partial charge in [0.15, 0.2) is 6.17 Å². The summed E-state index contributed by atoms with van der Waals surface area (Å²) < 4.78 is 5.44. The molecule has 5 rings (SSSR count). The third kappa shape index (κ3) is 4.41. The Morgan fingerprint density at radius 3 is 2.44 bits per heavy atom. The van der Waals surface area contributed by atoms with Crippen molar-refractivity contribution in [2.24, 2.45) is 10.8 Å². The zero-order chi connectivity index (χ0) is 25.4. The van der Waals surface area contributed by atoms with Gasteiger partial charge >= 0.3 is 0 Å². The van der Waals surface area contributed by atoms with Crippen LogP contribution in [0.15, 0.2) is 35.6 Å². The summed E-state index contributed by atoms with van der Waals surface area (Å²) in [7, 11) is 0. The summed E-state index contributed by atoms with van der Waals surface area (Å²) in [6, 6.07) is 7.11. The Bertz CT molecular complexity index is 1140. The van der Waals surface area contributed by atoms with Crippen LogP contribution in [0.2, 0.25) is 0 Å². The molecule has 3 aliphatic rings. The Balaban J connectivity index is 1.60. The smallest absolute Gasteiger partial charge is 0.286 e. The third-order valence-electron chi connectivity index (χ3n) is 7.27. The fraction of sp³-hybridized carbons (Fsp3) is 0.500. The molecular formula is C26H34N6O4. The number of phenols is 2. The molecule has 1 aliphatic carbocycles. The number of carbonyl (C=O) groups excluding carboxylic acids is 1. The summed E-state index contributed by atoms with van der Waals surface area (Å²) in [4.78, 5) is 21.2. The van der Waals surface area contributed by atoms with Crippen molar-refractivity contribution < 1.29 is 19.7 Å². The Labute approximate surface area is 211 Å². The van der Waals surface area contributed by atoms with Crippen molar-refractivity contribution >= 4 is 23.2 Å². The number of carbonyl (C=O) groups is 1. The van der Waals surface area contributed by atoms with Crippen LogP contribution >= 0.6 is 0 Å². The van der Waals surface area contributed by atoms with E-state index in [9.17, 15) is 15.0 Å². The lowest BCUT2D eigenvalue weighted by atomic mass is 9.96. The predicted molar refractivity (Wildman–Crippen MR) is 137 cm³/mol. The maximum absolute atomic E-state index is 12.6. The molecular weight excluding hydrogens is 460 g/mol. The molecule has 36 heavy (non-hydrogen) atoms. The molecule has 2 fully saturated rings. The Hall–Kier alpha value is -3.53. The summed E-state index contributed by atoms with van der Waals surface area (Å²) >= 11 is 0. The molecule has 2 aliphatic heterocycles. The summed E-state index contributed by atoms with van der Waals surface area (Å²) in [6.07, 6.45) is 5.13. The van der Waals surface area contributed by atoms with E-state index in [2.05, 4.69) is 9.88 Å². The van der Waals surface area contributed by atoms with E-state index in [1.807, 2.05) is 37.1 Å². The molecule has 1 atom stereocenters. The summed E-state index contributed by atoms with van der Waals surface area (Å²) in [5.74, 6) is 0.290. The summed E-state index contributed by atoms with van der Waals surface area (Å²) in [6.45, 7) is 6.81. The van der Waals surface area contributed by atoms with Gasteiger partial charge in [0.05, 0.1) is 25.1 Å². The first-order chi connectivity index (χ1) is 17.3. The van der Waals surface area contributed by atoms with Gasteiger partial charge in [-0.25, -0.2) is 4.98 Å². The Kier molecular flexibility index (Phi) is 6.61. The molecule has 192 valence electrons. The van der Waals surface area contributed by atoms with E-state index in [1.54, 1.807) is 11.1 Å². The molecule has 1 aromatic carbocycles. The number of amidine groups is 1. The number of morpholine rings is 1. The standard InChI is InChI=1S/C26H34N6O4/c1-16(2)19-13-20(22(34)14-21(19)33)26-31(25(24(27)35)29-32(26)17-5-3-4-6-17)18-7-8-23(28-15-18)30-9-11-36-12-10-30/h7-8,13-17,26,33-34H,3-6,9-12H2,1-2H3,(H2,27,35). The minimum Gasteiger partial charge on any atom is -0.508 e. The molecule has 0 spiro atoms. The molecule has 4 N–H and O–H groups in total. The van der Waals surface area contributed by atoms with E-state index in [-0.39, 0.29) is 29.3 Å². The SMILES string of the molecule is CC(C)c1cc(C2N(c3ccc(N4CCOCC4)nc3)C(C(N)=O)=NN2C2CCCC2)c(O)cc1O. The molecule has 1 aromatic heterocycles. The van der Waals surface area contributed by atoms with Crippen LogP contribution in [0.25, 0.3) is 0 Å². The van der Waals surface area contributed by atoms with Crippen LogP contribution in [0.1, 0.15) is 62.7 Å². The molecule has 1 amide bonds. The van der Waals surface area contributed by atoms with Crippen molar-refractivity contribution in [1.29, 1.82) is 0 Å². The van der Waals surface area contributed by atoms with Crippen LogP contribution in [0.4, 0.5) is 11.5 Å². The number of hydrogen-bond acceptors (Lipinski definition) is 9. The molecule has 1 unspecified atom stereocenters. The van der Waals surface area contributed by atoms with Gasteiger partial charge in [-0.05, 0) is 42.5 Å². The van der Waals surface area contributed by atoms with Gasteiger partial charge in [0, 0.05) is 30.8 Å². The van der Waals surface area contributed by atoms with Gasteiger partial charge in [0.2, 0.25) is 5.84 Å². The minimum absolute atomic E-state index is 0.0325. The number of hydrogen-bond donors (Lipinski definition) is 3. The van der Waals surface area contributed by atoms with Crippen molar-refractivity contribution in [3.63, 3.8) is 0 Å². The lowest BCUT2D eigenvalue weighted by Gasteiger charge is -2.35. The highest BCUT2D eigenvalue weighted by molar-refractivity contribution is 6.43. The highest BCUT2D eigenvalue weighted by atomic mass is 16.5. The molecule has 1 saturated carbocycles. The molecule has 0 radical (unpaired) electrons. The summed E-state index contributed by atoms with van der Waals surface area (Å²) in [5.41, 5.74) is 7.74. The van der Waals surface area contributed by atoms with E-state index in [0.29, 0.717) is 30.0 Å². The minimum atomic E-state index is -0.653. The zero-order valence-corrected chi connectivity index (χ0v) is 20.8. The van der Waals surface area contributed by atoms with Gasteiger partial charge in [-0.3, -0.25) is 14.7 Å². The monoisotopic (exact) mass is 494 g/mol. The molecule has 10 nitrogen and oxygen atoms in total. The number of nitrogens with two attached hydrogens (primary N) is 1. The van der Waals surface area contributed by atoms with E-state index < -0.39 is 12.1 Å². The first-order valence-electron chi connectivity index (χ1n) is 12.7. The maximum atomic E-state index is 12.6. The van der Waals surface area contributed by atoms with Crippen molar-refractivity contribution in [2.75, 3.05) is 36.1 Å². The number of nitrogens with zero attached hydrogens (tertiary/aromatic N) is 5. The number of primary amides is 1. The molecule has 0 bridgehead atoms. The third-order valence-corrected chi connectivity index (χ3v) is 7.27. The fourth-order valence-corrected chi connectivity index (χ4v) is 5.39. The molecule has 3 heterocycles. The number of aromatic nitrogens is 1. The fourth-order valence-electron chi connectivity index (χ4n) is 5.39. The normalized spacial score (nSPS) is 20.9. The van der Waals surface area contributed by atoms with E-state index in [4.69, 9.17) is 15.6 Å². The largest absolute Gasteiger partial charge is 0.508 e. The average Bonchev–Trinajstić information content (AvgIpc) is 3.53. The number of anilines is 2. The van der Waals surface area contributed by atoms with Gasteiger partial charge in [-0.1, -0.05) is 26.7 Å². The number of pyridine rings is 1. The second-order valence-electron chi connectivity index (χ2n) is 9.95. The second kappa shape index (κ2) is 9.85. The number of benzene rings is 1. The Morgan fingerprint density at radius 1 is 1.11 bits per heavy atom. The van der Waals surface area contributed by atoms with Crippen LogP contribution < -0.4 is 15.5 Å². The van der Waals surface area contributed by atoms with E-state index in [0.717, 1.165) is 44.6 Å². The number of ether oxygens (including phenoxy) is 1. The van der Waals surface area contributed by atoms with Gasteiger partial charge in [0.1, 0.15) is 17.3 Å². The molecule has 2 aromatic rings. The molecule has 1 saturated heterocycles. The van der Waals surface area contributed by atoms with E-state index in [1.165, 1.54) is 6.07 Å². The van der Waals surface area contributed by atoms with Crippen LogP contribution in [-0.2, 0) is 9.53 Å². The highest BCUT2D eigenvalue weighted by Gasteiger charge is 2.44. The summed E-state index contributed by atoms with van der Waals surface area (Å²) in [5, 5.41) is 28.1. The maximum Gasteiger partial charge on any atom is 0.286 e. The number of phenolic OH excluding ortho intramolecular Hbond substituents is 2. The zero-order valence-electron chi connectivity index (χ0n) is 20.8. The highest BCUT2D eigenvalue weighted by Crippen LogP contribution is 2.45. The topological polar surface area (TPSA) is 128 Å². The van der Waals surface area contributed by atoms with Gasteiger partial charge < -0.3 is 25.6 Å². The second-order valence-corrected chi connectivity index (χ2v) is 9.95.